The van der Waals surface area contributed by atoms with Crippen molar-refractivity contribution in [2.24, 2.45) is 0 Å². The van der Waals surface area contributed by atoms with Crippen LogP contribution in [0.3, 0.4) is 0 Å². The Morgan fingerprint density at radius 2 is 1.52 bits per heavy atom. The number of carbonyl (C=O) groups excluding carboxylic acids is 1. The molecule has 0 saturated heterocycles. The van der Waals surface area contributed by atoms with Gasteiger partial charge in [0.25, 0.3) is 0 Å². The first-order valence-electron chi connectivity index (χ1n) is 9.75. The van der Waals surface area contributed by atoms with Gasteiger partial charge in [-0.05, 0) is 47.7 Å². The van der Waals surface area contributed by atoms with Gasteiger partial charge in [-0.1, -0.05) is 54.6 Å². The molecule has 7 heteroatoms. The predicted octanol–water partition coefficient (Wildman–Crippen LogP) is 5.68. The lowest BCUT2D eigenvalue weighted by Crippen LogP contribution is -2.26. The van der Waals surface area contributed by atoms with Crippen LogP contribution in [0.25, 0.3) is 11.1 Å². The molecular formula is C24H21F4NO2. The Hall–Kier alpha value is -3.35. The summed E-state index contributed by atoms with van der Waals surface area (Å²) in [6, 6.07) is 19.4. The first-order valence-corrected chi connectivity index (χ1v) is 9.75. The second-order valence-corrected chi connectivity index (χ2v) is 7.00. The van der Waals surface area contributed by atoms with Gasteiger partial charge in [-0.2, -0.15) is 0 Å². The van der Waals surface area contributed by atoms with Gasteiger partial charge >= 0.3 is 6.36 Å². The molecule has 3 aromatic rings. The molecule has 0 heterocycles. The third-order valence-corrected chi connectivity index (χ3v) is 4.62. The van der Waals surface area contributed by atoms with Crippen molar-refractivity contribution in [2.75, 3.05) is 6.54 Å². The number of rotatable bonds is 8. The summed E-state index contributed by atoms with van der Waals surface area (Å²) in [5.41, 5.74) is 3.03. The molecule has 0 radical (unpaired) electrons. The summed E-state index contributed by atoms with van der Waals surface area (Å²) in [6.07, 6.45) is -3.19. The molecule has 31 heavy (non-hydrogen) atoms. The van der Waals surface area contributed by atoms with Gasteiger partial charge in [0.05, 0.1) is 6.42 Å². The lowest BCUT2D eigenvalue weighted by Gasteiger charge is -2.09. The van der Waals surface area contributed by atoms with Gasteiger partial charge in [0.15, 0.2) is 0 Å². The molecule has 0 spiro atoms. The van der Waals surface area contributed by atoms with Crippen LogP contribution in [0, 0.1) is 5.82 Å². The first-order chi connectivity index (χ1) is 14.8. The highest BCUT2D eigenvalue weighted by Crippen LogP contribution is 2.24. The monoisotopic (exact) mass is 431 g/mol. The summed E-state index contributed by atoms with van der Waals surface area (Å²) in [5.74, 6) is -0.794. The van der Waals surface area contributed by atoms with Gasteiger partial charge in [0.2, 0.25) is 5.91 Å². The Labute approximate surface area is 177 Å². The molecule has 0 fully saturated rings. The minimum absolute atomic E-state index is 0.0731. The number of benzene rings is 3. The van der Waals surface area contributed by atoms with Gasteiger partial charge in [-0.25, -0.2) is 4.39 Å². The van der Waals surface area contributed by atoms with Crippen LogP contribution in [-0.2, 0) is 17.6 Å². The second kappa shape index (κ2) is 10.1. The zero-order valence-corrected chi connectivity index (χ0v) is 16.6. The highest BCUT2D eigenvalue weighted by molar-refractivity contribution is 5.78. The zero-order chi connectivity index (χ0) is 22.3. The maximum absolute atomic E-state index is 13.8. The summed E-state index contributed by atoms with van der Waals surface area (Å²) < 4.78 is 54.1. The minimum atomic E-state index is -4.74. The standard InChI is InChI=1S/C24H21F4NO2/c25-22-6-2-1-5-21(22)19-11-7-17(8-12-19)4-3-15-29-23(30)16-18-9-13-20(14-10-18)31-24(26,27)28/h1-2,5-14H,3-4,15-16H2,(H,29,30). The van der Waals surface area contributed by atoms with E-state index in [1.807, 2.05) is 24.3 Å². The van der Waals surface area contributed by atoms with Crippen LogP contribution in [-0.4, -0.2) is 18.8 Å². The van der Waals surface area contributed by atoms with Crippen molar-refractivity contribution in [1.82, 2.24) is 5.32 Å². The van der Waals surface area contributed by atoms with Crippen LogP contribution in [0.2, 0.25) is 0 Å². The molecule has 3 rings (SSSR count). The SMILES string of the molecule is O=C(Cc1ccc(OC(F)(F)F)cc1)NCCCc1ccc(-c2ccccc2F)cc1. The number of hydrogen-bond donors (Lipinski definition) is 1. The van der Waals surface area contributed by atoms with Crippen LogP contribution in [0.4, 0.5) is 17.6 Å². The maximum Gasteiger partial charge on any atom is 0.573 e. The summed E-state index contributed by atoms with van der Waals surface area (Å²) in [7, 11) is 0. The highest BCUT2D eigenvalue weighted by Gasteiger charge is 2.30. The number of ether oxygens (including phenoxy) is 1. The largest absolute Gasteiger partial charge is 0.573 e. The number of halogens is 4. The van der Waals surface area contributed by atoms with Crippen molar-refractivity contribution in [3.05, 3.63) is 89.7 Å². The number of nitrogens with one attached hydrogen (secondary N) is 1. The van der Waals surface area contributed by atoms with E-state index in [2.05, 4.69) is 10.1 Å². The first kappa shape index (κ1) is 22.3. The Balaban J connectivity index is 1.40. The van der Waals surface area contributed by atoms with Crippen LogP contribution in [0.1, 0.15) is 17.5 Å². The van der Waals surface area contributed by atoms with E-state index in [-0.39, 0.29) is 23.9 Å². The fraction of sp³-hybridized carbons (Fsp3) is 0.208. The van der Waals surface area contributed by atoms with E-state index < -0.39 is 6.36 Å². The topological polar surface area (TPSA) is 38.3 Å². The third kappa shape index (κ3) is 7.13. The van der Waals surface area contributed by atoms with Gasteiger partial charge in [-0.15, -0.1) is 13.2 Å². The average Bonchev–Trinajstić information content (AvgIpc) is 2.73. The molecule has 0 aliphatic heterocycles. The Morgan fingerprint density at radius 1 is 0.871 bits per heavy atom. The van der Waals surface area contributed by atoms with E-state index in [1.54, 1.807) is 18.2 Å². The number of aryl methyl sites for hydroxylation is 1. The number of carbonyl (C=O) groups is 1. The maximum atomic E-state index is 13.8. The molecule has 0 saturated carbocycles. The van der Waals surface area contributed by atoms with Gasteiger partial charge in [0.1, 0.15) is 11.6 Å². The average molecular weight is 431 g/mol. The van der Waals surface area contributed by atoms with Crippen molar-refractivity contribution < 1.29 is 27.1 Å². The van der Waals surface area contributed by atoms with E-state index in [0.717, 1.165) is 24.0 Å². The lowest BCUT2D eigenvalue weighted by molar-refractivity contribution is -0.274. The van der Waals surface area contributed by atoms with Gasteiger partial charge in [-0.3, -0.25) is 4.79 Å². The zero-order valence-electron chi connectivity index (χ0n) is 16.6. The smallest absolute Gasteiger partial charge is 0.406 e. The normalized spacial score (nSPS) is 11.2. The van der Waals surface area contributed by atoms with Gasteiger partial charge in [0, 0.05) is 12.1 Å². The molecular weight excluding hydrogens is 410 g/mol. The molecule has 0 atom stereocenters. The molecule has 0 unspecified atom stereocenters. The molecule has 3 nitrogen and oxygen atoms in total. The Morgan fingerprint density at radius 3 is 2.16 bits per heavy atom. The number of amides is 1. The fourth-order valence-electron chi connectivity index (χ4n) is 3.12. The highest BCUT2D eigenvalue weighted by atomic mass is 19.4. The van der Waals surface area contributed by atoms with Crippen LogP contribution in [0.15, 0.2) is 72.8 Å². The molecule has 1 N–H and O–H groups in total. The van der Waals surface area contributed by atoms with E-state index in [9.17, 15) is 22.4 Å². The second-order valence-electron chi connectivity index (χ2n) is 7.00. The molecule has 162 valence electrons. The Kier molecular flexibility index (Phi) is 7.28. The van der Waals surface area contributed by atoms with E-state index in [1.165, 1.54) is 30.3 Å². The van der Waals surface area contributed by atoms with E-state index in [4.69, 9.17) is 0 Å². The van der Waals surface area contributed by atoms with Crippen molar-refractivity contribution in [3.63, 3.8) is 0 Å². The quantitative estimate of drug-likeness (QED) is 0.368. The van der Waals surface area contributed by atoms with E-state index in [0.29, 0.717) is 17.7 Å². The van der Waals surface area contributed by atoms with Crippen LogP contribution >= 0.6 is 0 Å². The van der Waals surface area contributed by atoms with E-state index >= 15 is 0 Å². The molecule has 0 aliphatic carbocycles. The minimum Gasteiger partial charge on any atom is -0.406 e. The number of alkyl halides is 3. The molecule has 0 aliphatic rings. The van der Waals surface area contributed by atoms with Crippen molar-refractivity contribution >= 4 is 5.91 Å². The third-order valence-electron chi connectivity index (χ3n) is 4.62. The van der Waals surface area contributed by atoms with Crippen molar-refractivity contribution in [2.45, 2.75) is 25.6 Å². The predicted molar refractivity (Wildman–Crippen MR) is 110 cm³/mol. The van der Waals surface area contributed by atoms with Crippen LogP contribution < -0.4 is 10.1 Å². The molecule has 0 aromatic heterocycles. The lowest BCUT2D eigenvalue weighted by atomic mass is 10.0. The molecule has 1 amide bonds. The molecule has 0 bridgehead atoms. The summed E-state index contributed by atoms with van der Waals surface area (Å²) in [5, 5.41) is 2.80. The van der Waals surface area contributed by atoms with Crippen LogP contribution in [0.5, 0.6) is 5.75 Å². The molecule has 3 aromatic carbocycles. The summed E-state index contributed by atoms with van der Waals surface area (Å²) in [4.78, 5) is 12.0. The number of hydrogen-bond acceptors (Lipinski definition) is 2. The fourth-order valence-corrected chi connectivity index (χ4v) is 3.12. The van der Waals surface area contributed by atoms with Crippen molar-refractivity contribution in [3.8, 4) is 16.9 Å². The summed E-state index contributed by atoms with van der Waals surface area (Å²) >= 11 is 0. The van der Waals surface area contributed by atoms with Gasteiger partial charge < -0.3 is 10.1 Å². The summed E-state index contributed by atoms with van der Waals surface area (Å²) in [6.45, 7) is 0.475. The Bertz CT molecular complexity index is 999. The van der Waals surface area contributed by atoms with Crippen molar-refractivity contribution in [1.29, 1.82) is 0 Å².